The summed E-state index contributed by atoms with van der Waals surface area (Å²) in [6.45, 7) is 9.34. The first-order valence-electron chi connectivity index (χ1n) is 11.6. The Balaban J connectivity index is 1.62. The lowest BCUT2D eigenvalue weighted by Crippen LogP contribution is -2.61. The van der Waals surface area contributed by atoms with Crippen LogP contribution >= 0.6 is 7.60 Å². The van der Waals surface area contributed by atoms with Crippen molar-refractivity contribution < 1.29 is 18.4 Å². The fourth-order valence-corrected chi connectivity index (χ4v) is 9.90. The zero-order valence-corrected chi connectivity index (χ0v) is 19.7. The number of amides is 1. The summed E-state index contributed by atoms with van der Waals surface area (Å²) in [7, 11) is -1.22. The Morgan fingerprint density at radius 1 is 1.10 bits per heavy atom. The molecule has 6 heteroatoms. The summed E-state index contributed by atoms with van der Waals surface area (Å²) in [5, 5.41) is 0.945. The van der Waals surface area contributed by atoms with Crippen molar-refractivity contribution in [1.29, 1.82) is 0 Å². The zero-order chi connectivity index (χ0) is 21.0. The first kappa shape index (κ1) is 21.6. The summed E-state index contributed by atoms with van der Waals surface area (Å²) in [4.78, 5) is 14.4. The van der Waals surface area contributed by atoms with Gasteiger partial charge in [-0.3, -0.25) is 9.36 Å². The predicted octanol–water partition coefficient (Wildman–Crippen LogP) is 5.61. The summed E-state index contributed by atoms with van der Waals surface area (Å²) in [5.41, 5.74) is 0.111. The van der Waals surface area contributed by atoms with E-state index in [2.05, 4.69) is 19.9 Å². The Labute approximate surface area is 176 Å². The molecule has 0 aromatic rings. The zero-order valence-electron chi connectivity index (χ0n) is 18.8. The van der Waals surface area contributed by atoms with Gasteiger partial charge in [-0.15, -0.1) is 0 Å². The van der Waals surface area contributed by atoms with Crippen molar-refractivity contribution in [2.24, 2.45) is 28.6 Å². The van der Waals surface area contributed by atoms with Gasteiger partial charge in [0.05, 0.1) is 13.2 Å². The molecular formula is C23H38NO4P. The molecule has 164 valence electrons. The smallest absolute Gasteiger partial charge is 0.342 e. The monoisotopic (exact) mass is 423 g/mol. The molecule has 1 saturated heterocycles. The number of nitrogens with zero attached hydrogens (tertiary/aromatic N) is 1. The third-order valence-corrected chi connectivity index (χ3v) is 11.5. The van der Waals surface area contributed by atoms with Crippen LogP contribution in [0.4, 0.5) is 0 Å². The van der Waals surface area contributed by atoms with E-state index < -0.39 is 7.60 Å². The van der Waals surface area contributed by atoms with Crippen LogP contribution in [0, 0.1) is 28.6 Å². The number of allylic oxidation sites excluding steroid dienone is 2. The number of hydrogen-bond donors (Lipinski definition) is 0. The number of carbonyl (C=O) groups excluding carboxylic acids is 1. The number of fused-ring (bicyclic) bond motifs is 5. The first-order valence-corrected chi connectivity index (χ1v) is 13.1. The SMILES string of the molecule is CCOP(=O)(OCC)C1=CC[C@H]2[C@@H]3CC[C@H]4N(C)C(=O)CC[C@]4(C)[C@H]3CC[C@]12C. The van der Waals surface area contributed by atoms with Gasteiger partial charge in [-0.1, -0.05) is 19.9 Å². The van der Waals surface area contributed by atoms with Crippen LogP contribution in [0.1, 0.15) is 72.6 Å². The van der Waals surface area contributed by atoms with E-state index in [1.807, 2.05) is 25.8 Å². The Kier molecular flexibility index (Phi) is 5.58. The molecule has 0 radical (unpaired) electrons. The molecule has 1 amide bonds. The molecule has 1 heterocycles. The fourth-order valence-electron chi connectivity index (χ4n) is 7.64. The highest BCUT2D eigenvalue weighted by molar-refractivity contribution is 7.58. The molecule has 0 bridgehead atoms. The molecule has 4 rings (SSSR count). The molecule has 0 aromatic carbocycles. The van der Waals surface area contributed by atoms with Crippen molar-refractivity contribution in [3.8, 4) is 0 Å². The van der Waals surface area contributed by atoms with Crippen LogP contribution in [0.3, 0.4) is 0 Å². The van der Waals surface area contributed by atoms with Gasteiger partial charge in [-0.05, 0) is 75.5 Å². The van der Waals surface area contributed by atoms with E-state index in [9.17, 15) is 9.36 Å². The van der Waals surface area contributed by atoms with Crippen LogP contribution in [0.15, 0.2) is 11.4 Å². The summed E-state index contributed by atoms with van der Waals surface area (Å²) < 4.78 is 25.2. The molecule has 0 N–H and O–H groups in total. The summed E-state index contributed by atoms with van der Waals surface area (Å²) in [6, 6.07) is 0.376. The number of piperidine rings is 1. The second-order valence-corrected chi connectivity index (χ2v) is 12.1. The third kappa shape index (κ3) is 3.10. The number of carbonyl (C=O) groups is 1. The lowest BCUT2D eigenvalue weighted by molar-refractivity contribution is -0.156. The van der Waals surface area contributed by atoms with E-state index in [0.29, 0.717) is 49.3 Å². The van der Waals surface area contributed by atoms with Crippen LogP contribution < -0.4 is 0 Å². The summed E-state index contributed by atoms with van der Waals surface area (Å²) in [6.07, 6.45) is 9.31. The molecular weight excluding hydrogens is 385 g/mol. The van der Waals surface area contributed by atoms with E-state index >= 15 is 0 Å². The second kappa shape index (κ2) is 7.50. The standard InChI is InChI=1S/C23H38NO4P/c1-6-27-29(26,28-7-2)20-11-9-17-16-8-10-19-22(3,15-13-21(25)24(19)5)18(16)12-14-23(17,20)4/h11,16-19H,6-10,12-15H2,1-5H3/t16-,17-,18-,19+,22+,23-/m0/s1. The van der Waals surface area contributed by atoms with E-state index in [1.54, 1.807) is 0 Å². The fraction of sp³-hybridized carbons (Fsp3) is 0.870. The van der Waals surface area contributed by atoms with Crippen molar-refractivity contribution >= 4 is 13.5 Å². The number of rotatable bonds is 5. The second-order valence-electron chi connectivity index (χ2n) is 10.1. The Morgan fingerprint density at radius 3 is 2.45 bits per heavy atom. The van der Waals surface area contributed by atoms with Gasteiger partial charge in [0.1, 0.15) is 0 Å². The topological polar surface area (TPSA) is 55.8 Å². The van der Waals surface area contributed by atoms with Gasteiger partial charge >= 0.3 is 7.60 Å². The lowest BCUT2D eigenvalue weighted by Gasteiger charge is -2.61. The van der Waals surface area contributed by atoms with Crippen molar-refractivity contribution in [2.75, 3.05) is 20.3 Å². The molecule has 3 aliphatic carbocycles. The molecule has 0 aromatic heterocycles. The van der Waals surface area contributed by atoms with Crippen molar-refractivity contribution in [2.45, 2.75) is 78.7 Å². The quantitative estimate of drug-likeness (QED) is 0.539. The molecule has 4 aliphatic rings. The van der Waals surface area contributed by atoms with Crippen LogP contribution in [0.2, 0.25) is 0 Å². The molecule has 0 spiro atoms. The maximum absolute atomic E-state index is 13.6. The highest BCUT2D eigenvalue weighted by Gasteiger charge is 2.61. The number of hydrogen-bond acceptors (Lipinski definition) is 4. The average molecular weight is 424 g/mol. The van der Waals surface area contributed by atoms with Gasteiger partial charge in [-0.25, -0.2) is 0 Å². The maximum Gasteiger partial charge on any atom is 0.357 e. The normalized spacial score (nSPS) is 42.2. The molecule has 3 fully saturated rings. The molecule has 6 atom stereocenters. The molecule has 0 unspecified atom stereocenters. The van der Waals surface area contributed by atoms with E-state index in [-0.39, 0.29) is 10.8 Å². The summed E-state index contributed by atoms with van der Waals surface area (Å²) >= 11 is 0. The summed E-state index contributed by atoms with van der Waals surface area (Å²) in [5.74, 6) is 2.08. The highest BCUT2D eigenvalue weighted by atomic mass is 31.2. The van der Waals surface area contributed by atoms with Crippen LogP contribution in [0.5, 0.6) is 0 Å². The molecule has 1 aliphatic heterocycles. The molecule has 29 heavy (non-hydrogen) atoms. The Hall–Kier alpha value is -0.640. The van der Waals surface area contributed by atoms with Crippen molar-refractivity contribution in [1.82, 2.24) is 4.90 Å². The molecule has 5 nitrogen and oxygen atoms in total. The van der Waals surface area contributed by atoms with E-state index in [1.165, 1.54) is 0 Å². The van der Waals surface area contributed by atoms with Crippen molar-refractivity contribution in [3.63, 3.8) is 0 Å². The lowest BCUT2D eigenvalue weighted by atomic mass is 9.47. The minimum Gasteiger partial charge on any atom is -0.342 e. The minimum absolute atomic E-state index is 0.0966. The van der Waals surface area contributed by atoms with Crippen LogP contribution in [-0.2, 0) is 18.4 Å². The number of likely N-dealkylation sites (tertiary alicyclic amines) is 1. The average Bonchev–Trinajstić information content (AvgIpc) is 3.03. The van der Waals surface area contributed by atoms with Gasteiger partial charge in [0.15, 0.2) is 0 Å². The van der Waals surface area contributed by atoms with Gasteiger partial charge in [0, 0.05) is 30.2 Å². The van der Waals surface area contributed by atoms with Gasteiger partial charge in [0.25, 0.3) is 0 Å². The highest BCUT2D eigenvalue weighted by Crippen LogP contribution is 2.72. The maximum atomic E-state index is 13.6. The van der Waals surface area contributed by atoms with Gasteiger partial charge in [-0.2, -0.15) is 0 Å². The first-order chi connectivity index (χ1) is 13.7. The van der Waals surface area contributed by atoms with Gasteiger partial charge < -0.3 is 13.9 Å². The molecule has 2 saturated carbocycles. The van der Waals surface area contributed by atoms with E-state index in [0.717, 1.165) is 43.8 Å². The minimum atomic E-state index is -3.22. The largest absolute Gasteiger partial charge is 0.357 e. The van der Waals surface area contributed by atoms with Crippen molar-refractivity contribution in [3.05, 3.63) is 11.4 Å². The van der Waals surface area contributed by atoms with Gasteiger partial charge in [0.2, 0.25) is 5.91 Å². The van der Waals surface area contributed by atoms with E-state index in [4.69, 9.17) is 9.05 Å². The van der Waals surface area contributed by atoms with Crippen LogP contribution in [0.25, 0.3) is 0 Å². The van der Waals surface area contributed by atoms with Crippen LogP contribution in [-0.4, -0.2) is 37.1 Å². The Bertz CT molecular complexity index is 741. The predicted molar refractivity (Wildman–Crippen MR) is 115 cm³/mol. The third-order valence-electron chi connectivity index (χ3n) is 8.99. The Morgan fingerprint density at radius 2 is 1.79 bits per heavy atom.